The Morgan fingerprint density at radius 2 is 1.52 bits per heavy atom. The van der Waals surface area contributed by atoms with E-state index < -0.39 is 0 Å². The van der Waals surface area contributed by atoms with E-state index in [9.17, 15) is 0 Å². The summed E-state index contributed by atoms with van der Waals surface area (Å²) in [6, 6.07) is 26.7. The van der Waals surface area contributed by atoms with Crippen LogP contribution >= 0.6 is 0 Å². The minimum atomic E-state index is 0.403. The fourth-order valence-electron chi connectivity index (χ4n) is 3.87. The molecule has 0 saturated heterocycles. The van der Waals surface area contributed by atoms with Crippen LogP contribution in [0.15, 0.2) is 97.5 Å². The highest BCUT2D eigenvalue weighted by atomic mass is 16.5. The molecule has 3 heterocycles. The van der Waals surface area contributed by atoms with Gasteiger partial charge in [0.05, 0.1) is 30.1 Å². The number of pyridine rings is 3. The lowest BCUT2D eigenvalue weighted by atomic mass is 9.96. The van der Waals surface area contributed by atoms with Gasteiger partial charge < -0.3 is 10.5 Å². The molecule has 0 saturated carbocycles. The Bertz CT molecular complexity index is 1350. The molecule has 2 aromatic carbocycles. The minimum absolute atomic E-state index is 0.403. The highest BCUT2D eigenvalue weighted by molar-refractivity contribution is 5.92. The standard InChI is InChI=1S/C28H24N4O/c29-17-20-6-8-23(9-7-20)28-24(22-4-2-1-3-5-22)16-25-26(32-28)12-15-31-27(25)19-33-18-21-10-13-30-14-11-21/h1-16H,17-19,29H2. The summed E-state index contributed by atoms with van der Waals surface area (Å²) in [5.74, 6) is 0. The molecule has 0 unspecified atom stereocenters. The Kier molecular flexibility index (Phi) is 6.15. The van der Waals surface area contributed by atoms with Crippen LogP contribution in [-0.4, -0.2) is 15.0 Å². The zero-order valence-electron chi connectivity index (χ0n) is 18.2. The molecule has 0 radical (unpaired) electrons. The summed E-state index contributed by atoms with van der Waals surface area (Å²) in [6.07, 6.45) is 5.34. The molecule has 5 aromatic rings. The van der Waals surface area contributed by atoms with E-state index in [1.807, 2.05) is 36.4 Å². The van der Waals surface area contributed by atoms with Gasteiger partial charge >= 0.3 is 0 Å². The van der Waals surface area contributed by atoms with Crippen molar-refractivity contribution in [3.63, 3.8) is 0 Å². The topological polar surface area (TPSA) is 73.9 Å². The molecule has 0 fully saturated rings. The average Bonchev–Trinajstić information content (AvgIpc) is 2.89. The quantitative estimate of drug-likeness (QED) is 0.366. The van der Waals surface area contributed by atoms with Crippen molar-refractivity contribution >= 4 is 10.9 Å². The predicted molar refractivity (Wildman–Crippen MR) is 131 cm³/mol. The van der Waals surface area contributed by atoms with E-state index in [0.29, 0.717) is 19.8 Å². The lowest BCUT2D eigenvalue weighted by Crippen LogP contribution is -2.00. The Labute approximate surface area is 192 Å². The van der Waals surface area contributed by atoms with Crippen molar-refractivity contribution in [3.8, 4) is 22.4 Å². The van der Waals surface area contributed by atoms with Gasteiger partial charge in [-0.3, -0.25) is 9.97 Å². The van der Waals surface area contributed by atoms with Crippen LogP contribution < -0.4 is 5.73 Å². The molecule has 3 aromatic heterocycles. The van der Waals surface area contributed by atoms with Gasteiger partial charge in [0.25, 0.3) is 0 Å². The summed E-state index contributed by atoms with van der Waals surface area (Å²) in [5, 5.41) is 0.994. The van der Waals surface area contributed by atoms with Crippen molar-refractivity contribution in [2.24, 2.45) is 5.73 Å². The molecule has 2 N–H and O–H groups in total. The summed E-state index contributed by atoms with van der Waals surface area (Å²) < 4.78 is 5.97. The number of benzene rings is 2. The van der Waals surface area contributed by atoms with E-state index >= 15 is 0 Å². The molecule has 162 valence electrons. The summed E-state index contributed by atoms with van der Waals surface area (Å²) >= 11 is 0. The number of hydrogen-bond acceptors (Lipinski definition) is 5. The van der Waals surface area contributed by atoms with Crippen LogP contribution in [0.4, 0.5) is 0 Å². The maximum atomic E-state index is 5.97. The third-order valence-electron chi connectivity index (χ3n) is 5.63. The Balaban J connectivity index is 1.56. The maximum Gasteiger partial charge on any atom is 0.0899 e. The Hall–Kier alpha value is -3.93. The zero-order chi connectivity index (χ0) is 22.5. The van der Waals surface area contributed by atoms with Crippen LogP contribution in [0, 0.1) is 0 Å². The van der Waals surface area contributed by atoms with E-state index in [1.54, 1.807) is 18.6 Å². The second-order valence-electron chi connectivity index (χ2n) is 7.82. The van der Waals surface area contributed by atoms with Crippen molar-refractivity contribution in [2.75, 3.05) is 0 Å². The zero-order valence-corrected chi connectivity index (χ0v) is 18.2. The third-order valence-corrected chi connectivity index (χ3v) is 5.63. The molecule has 0 atom stereocenters. The number of aromatic nitrogens is 3. The first-order valence-electron chi connectivity index (χ1n) is 10.9. The van der Waals surface area contributed by atoms with Crippen LogP contribution in [0.1, 0.15) is 16.8 Å². The fourth-order valence-corrected chi connectivity index (χ4v) is 3.87. The molecule has 0 bridgehead atoms. The molecule has 0 aliphatic carbocycles. The average molecular weight is 433 g/mol. The molecular formula is C28H24N4O. The molecule has 5 rings (SSSR count). The first-order valence-corrected chi connectivity index (χ1v) is 10.9. The number of hydrogen-bond donors (Lipinski definition) is 1. The Morgan fingerprint density at radius 1 is 0.727 bits per heavy atom. The molecule has 5 nitrogen and oxygen atoms in total. The predicted octanol–water partition coefficient (Wildman–Crippen LogP) is 5.53. The van der Waals surface area contributed by atoms with Crippen LogP contribution in [0.25, 0.3) is 33.3 Å². The molecule has 0 aliphatic rings. The number of rotatable bonds is 7. The van der Waals surface area contributed by atoms with Gasteiger partial charge in [-0.05, 0) is 41.0 Å². The van der Waals surface area contributed by atoms with Crippen molar-refractivity contribution in [3.05, 3.63) is 114 Å². The van der Waals surface area contributed by atoms with E-state index in [0.717, 1.165) is 50.1 Å². The lowest BCUT2D eigenvalue weighted by Gasteiger charge is -2.14. The highest BCUT2D eigenvalue weighted by Crippen LogP contribution is 2.34. The Morgan fingerprint density at radius 3 is 2.27 bits per heavy atom. The van der Waals surface area contributed by atoms with Gasteiger partial charge in [0, 0.05) is 41.6 Å². The van der Waals surface area contributed by atoms with Gasteiger partial charge in [-0.1, -0.05) is 54.6 Å². The molecular weight excluding hydrogens is 408 g/mol. The molecule has 0 spiro atoms. The van der Waals surface area contributed by atoms with E-state index in [2.05, 4.69) is 52.4 Å². The monoisotopic (exact) mass is 432 g/mol. The summed E-state index contributed by atoms with van der Waals surface area (Å²) in [7, 11) is 0. The lowest BCUT2D eigenvalue weighted by molar-refractivity contribution is 0.105. The van der Waals surface area contributed by atoms with E-state index in [1.165, 1.54) is 0 Å². The normalized spacial score (nSPS) is 11.1. The van der Waals surface area contributed by atoms with E-state index in [-0.39, 0.29) is 0 Å². The number of nitrogens with zero attached hydrogens (tertiary/aromatic N) is 3. The van der Waals surface area contributed by atoms with E-state index in [4.69, 9.17) is 15.5 Å². The van der Waals surface area contributed by atoms with Gasteiger partial charge in [0.15, 0.2) is 0 Å². The fraction of sp³-hybridized carbons (Fsp3) is 0.107. The van der Waals surface area contributed by atoms with Crippen molar-refractivity contribution < 1.29 is 4.74 Å². The first-order chi connectivity index (χ1) is 16.3. The largest absolute Gasteiger partial charge is 0.370 e. The minimum Gasteiger partial charge on any atom is -0.370 e. The summed E-state index contributed by atoms with van der Waals surface area (Å²) in [6.45, 7) is 1.43. The molecule has 0 amide bonds. The van der Waals surface area contributed by atoms with Gasteiger partial charge in [0.1, 0.15) is 0 Å². The van der Waals surface area contributed by atoms with Crippen LogP contribution in [0.5, 0.6) is 0 Å². The highest BCUT2D eigenvalue weighted by Gasteiger charge is 2.14. The smallest absolute Gasteiger partial charge is 0.0899 e. The van der Waals surface area contributed by atoms with Crippen molar-refractivity contribution in [1.82, 2.24) is 15.0 Å². The van der Waals surface area contributed by atoms with Gasteiger partial charge in [-0.25, -0.2) is 4.98 Å². The molecule has 5 heteroatoms. The van der Waals surface area contributed by atoms with Crippen LogP contribution in [-0.2, 0) is 24.5 Å². The van der Waals surface area contributed by atoms with Crippen LogP contribution in [0.2, 0.25) is 0 Å². The van der Waals surface area contributed by atoms with Crippen molar-refractivity contribution in [2.45, 2.75) is 19.8 Å². The third kappa shape index (κ3) is 4.65. The number of fused-ring (bicyclic) bond motifs is 1. The first kappa shape index (κ1) is 20.9. The maximum absolute atomic E-state index is 5.97. The van der Waals surface area contributed by atoms with Gasteiger partial charge in [-0.2, -0.15) is 0 Å². The SMILES string of the molecule is NCc1ccc(-c2nc3ccnc(COCc4ccncc4)c3cc2-c2ccccc2)cc1. The second-order valence-corrected chi connectivity index (χ2v) is 7.82. The van der Waals surface area contributed by atoms with Gasteiger partial charge in [0.2, 0.25) is 0 Å². The molecule has 33 heavy (non-hydrogen) atoms. The summed E-state index contributed by atoms with van der Waals surface area (Å²) in [5.41, 5.74) is 13.9. The summed E-state index contributed by atoms with van der Waals surface area (Å²) in [4.78, 5) is 13.7. The molecule has 0 aliphatic heterocycles. The number of nitrogens with two attached hydrogens (primary N) is 1. The van der Waals surface area contributed by atoms with Crippen molar-refractivity contribution in [1.29, 1.82) is 0 Å². The number of ether oxygens (including phenoxy) is 1. The van der Waals surface area contributed by atoms with Crippen LogP contribution in [0.3, 0.4) is 0 Å². The second kappa shape index (κ2) is 9.69. The van der Waals surface area contributed by atoms with Gasteiger partial charge in [-0.15, -0.1) is 0 Å².